The van der Waals surface area contributed by atoms with Gasteiger partial charge in [0, 0.05) is 5.57 Å². The normalized spacial score (nSPS) is 11.1. The molecule has 12 nitrogen and oxygen atoms in total. The second kappa shape index (κ2) is 29.0. The second-order valence-electron chi connectivity index (χ2n) is 6.80. The largest absolute Gasteiger partial charge is 0.460 e. The van der Waals surface area contributed by atoms with E-state index < -0.39 is 5.97 Å². The van der Waals surface area contributed by atoms with Gasteiger partial charge in [-0.05, 0) is 6.92 Å². The van der Waals surface area contributed by atoms with Gasteiger partial charge in [-0.25, -0.2) is 14.6 Å². The lowest BCUT2D eigenvalue weighted by atomic mass is 10.4. The van der Waals surface area contributed by atoms with Gasteiger partial charge in [0.25, 0.3) is 0 Å². The van der Waals surface area contributed by atoms with Crippen LogP contribution in [0.4, 0.5) is 0 Å². The summed E-state index contributed by atoms with van der Waals surface area (Å²) < 4.78 is 47.8. The first kappa shape index (κ1) is 33.8. The Kier molecular flexibility index (Phi) is 28.1. The lowest BCUT2D eigenvalue weighted by Crippen LogP contribution is -2.15. The zero-order chi connectivity index (χ0) is 25.7. The molecule has 0 rings (SSSR count). The molecule has 0 aliphatic heterocycles. The summed E-state index contributed by atoms with van der Waals surface area (Å²) in [6, 6.07) is 0. The molecular formula is C23H44O12. The Morgan fingerprint density at radius 2 is 0.743 bits per heavy atom. The molecule has 0 atom stereocenters. The lowest BCUT2D eigenvalue weighted by Gasteiger charge is -2.09. The quantitative estimate of drug-likeness (QED) is 0.0464. The highest BCUT2D eigenvalue weighted by Crippen LogP contribution is 1.92. The summed E-state index contributed by atoms with van der Waals surface area (Å²) in [7, 11) is 1.46. The van der Waals surface area contributed by atoms with Crippen LogP contribution in [0.15, 0.2) is 12.2 Å². The maximum Gasteiger partial charge on any atom is 0.333 e. The van der Waals surface area contributed by atoms with Crippen LogP contribution in [0.2, 0.25) is 0 Å². The van der Waals surface area contributed by atoms with Gasteiger partial charge in [0.05, 0.1) is 113 Å². The summed E-state index contributed by atoms with van der Waals surface area (Å²) >= 11 is 0. The van der Waals surface area contributed by atoms with Crippen LogP contribution in [-0.4, -0.2) is 132 Å². The summed E-state index contributed by atoms with van der Waals surface area (Å²) in [5.41, 5.74) is 0.371. The highest BCUT2D eigenvalue weighted by atomic mass is 17.2. The summed E-state index contributed by atoms with van der Waals surface area (Å²) in [4.78, 5) is 20.3. The minimum Gasteiger partial charge on any atom is -0.460 e. The number of hydrogen-bond donors (Lipinski definition) is 0. The molecule has 0 aromatic rings. The van der Waals surface area contributed by atoms with Gasteiger partial charge in [-0.15, -0.1) is 0 Å². The molecule has 0 aromatic heterocycles. The Labute approximate surface area is 208 Å². The molecule has 0 amide bonds. The fourth-order valence-corrected chi connectivity index (χ4v) is 2.13. The van der Waals surface area contributed by atoms with Gasteiger partial charge < -0.3 is 42.6 Å². The third-order valence-electron chi connectivity index (χ3n) is 3.84. The van der Waals surface area contributed by atoms with Crippen LogP contribution >= 0.6 is 0 Å². The Morgan fingerprint density at radius 1 is 0.486 bits per heavy atom. The van der Waals surface area contributed by atoms with Crippen LogP contribution in [-0.2, 0) is 57.2 Å². The van der Waals surface area contributed by atoms with E-state index in [9.17, 15) is 4.79 Å². The van der Waals surface area contributed by atoms with Crippen molar-refractivity contribution in [2.45, 2.75) is 6.92 Å². The molecule has 0 N–H and O–H groups in total. The first-order valence-electron chi connectivity index (χ1n) is 11.8. The molecule has 0 fully saturated rings. The first-order valence-corrected chi connectivity index (χ1v) is 11.8. The third-order valence-corrected chi connectivity index (χ3v) is 3.84. The molecule has 0 heterocycles. The van der Waals surface area contributed by atoms with E-state index in [0.717, 1.165) is 0 Å². The molecule has 0 aliphatic carbocycles. The Morgan fingerprint density at radius 3 is 1.00 bits per heavy atom. The minimum absolute atomic E-state index is 0.202. The van der Waals surface area contributed by atoms with E-state index in [1.807, 2.05) is 0 Å². The monoisotopic (exact) mass is 512 g/mol. The second-order valence-corrected chi connectivity index (χ2v) is 6.80. The Bertz CT molecular complexity index is 464. The molecule has 0 spiro atoms. The average Bonchev–Trinajstić information content (AvgIpc) is 2.85. The van der Waals surface area contributed by atoms with E-state index >= 15 is 0 Å². The fourth-order valence-electron chi connectivity index (χ4n) is 2.13. The van der Waals surface area contributed by atoms with E-state index in [-0.39, 0.29) is 6.61 Å². The fraction of sp³-hybridized carbons (Fsp3) is 0.870. The van der Waals surface area contributed by atoms with Crippen molar-refractivity contribution >= 4 is 5.97 Å². The molecule has 0 aliphatic rings. The van der Waals surface area contributed by atoms with Crippen molar-refractivity contribution in [3.8, 4) is 0 Å². The predicted molar refractivity (Wildman–Crippen MR) is 125 cm³/mol. The maximum atomic E-state index is 11.1. The number of hydrogen-bond acceptors (Lipinski definition) is 12. The highest BCUT2D eigenvalue weighted by molar-refractivity contribution is 5.86. The molecule has 0 saturated heterocycles. The van der Waals surface area contributed by atoms with Gasteiger partial charge in [0.2, 0.25) is 0 Å². The van der Waals surface area contributed by atoms with E-state index in [1.165, 1.54) is 7.11 Å². The van der Waals surface area contributed by atoms with Crippen molar-refractivity contribution in [1.82, 2.24) is 0 Å². The third kappa shape index (κ3) is 28.9. The first-order chi connectivity index (χ1) is 17.2. The Balaban J connectivity index is 3.05. The standard InChI is InChI=1S/C23H44O12/c1-22(2)23(24)34-20-18-32-16-14-30-12-10-28-8-6-26-4-5-27-7-9-29-11-13-31-15-17-33-19-21-35-25-3/h1,4-21H2,2-3H3. The van der Waals surface area contributed by atoms with E-state index in [0.29, 0.717) is 118 Å². The zero-order valence-electron chi connectivity index (χ0n) is 21.3. The van der Waals surface area contributed by atoms with Crippen LogP contribution < -0.4 is 0 Å². The highest BCUT2D eigenvalue weighted by Gasteiger charge is 2.01. The van der Waals surface area contributed by atoms with Crippen molar-refractivity contribution in [1.29, 1.82) is 0 Å². The summed E-state index contributed by atoms with van der Waals surface area (Å²) in [6.45, 7) is 13.3. The lowest BCUT2D eigenvalue weighted by molar-refractivity contribution is -0.277. The zero-order valence-corrected chi connectivity index (χ0v) is 21.3. The molecule has 0 bridgehead atoms. The van der Waals surface area contributed by atoms with Crippen molar-refractivity contribution in [2.75, 3.05) is 126 Å². The van der Waals surface area contributed by atoms with Gasteiger partial charge in [0.15, 0.2) is 0 Å². The molecule has 0 saturated carbocycles. The van der Waals surface area contributed by atoms with Crippen LogP contribution in [0.1, 0.15) is 6.92 Å². The van der Waals surface area contributed by atoms with E-state index in [2.05, 4.69) is 16.4 Å². The summed E-state index contributed by atoms with van der Waals surface area (Å²) in [6.07, 6.45) is 0. The van der Waals surface area contributed by atoms with Gasteiger partial charge in [0.1, 0.15) is 13.2 Å². The van der Waals surface area contributed by atoms with Crippen molar-refractivity contribution in [2.24, 2.45) is 0 Å². The summed E-state index contributed by atoms with van der Waals surface area (Å²) in [5, 5.41) is 0. The average molecular weight is 513 g/mol. The molecule has 0 unspecified atom stereocenters. The van der Waals surface area contributed by atoms with E-state index in [4.69, 9.17) is 42.6 Å². The molecule has 0 radical (unpaired) electrons. The SMILES string of the molecule is C=C(C)C(=O)OCCOCCOCCOCCOCCOCCOCCOCCOCCOOC. The van der Waals surface area contributed by atoms with Crippen LogP contribution in [0.25, 0.3) is 0 Å². The maximum absolute atomic E-state index is 11.1. The van der Waals surface area contributed by atoms with Crippen LogP contribution in [0.3, 0.4) is 0 Å². The van der Waals surface area contributed by atoms with Crippen LogP contribution in [0.5, 0.6) is 0 Å². The topological polar surface area (TPSA) is 119 Å². The Hall–Kier alpha value is -1.19. The summed E-state index contributed by atoms with van der Waals surface area (Å²) in [5.74, 6) is -0.411. The van der Waals surface area contributed by atoms with Crippen molar-refractivity contribution < 1.29 is 57.2 Å². The van der Waals surface area contributed by atoms with Gasteiger partial charge in [-0.2, -0.15) is 0 Å². The van der Waals surface area contributed by atoms with Gasteiger partial charge >= 0.3 is 5.97 Å². The molecule has 35 heavy (non-hydrogen) atoms. The molecular weight excluding hydrogens is 468 g/mol. The minimum atomic E-state index is -0.411. The van der Waals surface area contributed by atoms with Crippen molar-refractivity contribution in [3.05, 3.63) is 12.2 Å². The smallest absolute Gasteiger partial charge is 0.333 e. The number of carbonyl (C=O) groups excluding carboxylic acids is 1. The van der Waals surface area contributed by atoms with Crippen LogP contribution in [0, 0.1) is 0 Å². The predicted octanol–water partition coefficient (Wildman–Crippen LogP) is 0.817. The number of rotatable bonds is 29. The number of ether oxygens (including phenoxy) is 9. The van der Waals surface area contributed by atoms with Gasteiger partial charge in [-0.3, -0.25) is 0 Å². The van der Waals surface area contributed by atoms with Gasteiger partial charge in [-0.1, -0.05) is 6.58 Å². The number of carbonyl (C=O) groups is 1. The molecule has 0 aromatic carbocycles. The van der Waals surface area contributed by atoms with Crippen molar-refractivity contribution in [3.63, 3.8) is 0 Å². The number of esters is 1. The van der Waals surface area contributed by atoms with E-state index in [1.54, 1.807) is 6.92 Å². The molecule has 208 valence electrons. The molecule has 12 heteroatoms.